The number of fused-ring (bicyclic) bond motifs is 2. The maximum atomic E-state index is 13.6. The van der Waals surface area contributed by atoms with Crippen molar-refractivity contribution in [3.8, 4) is 5.69 Å². The minimum absolute atomic E-state index is 0.00598. The number of nitrogens with one attached hydrogen (secondary N) is 1. The number of hydrogen-bond donors (Lipinski definition) is 1. The van der Waals surface area contributed by atoms with Crippen LogP contribution in [0.2, 0.25) is 0 Å². The first kappa shape index (κ1) is 24.0. The third kappa shape index (κ3) is 4.12. The summed E-state index contributed by atoms with van der Waals surface area (Å²) >= 11 is 1.28. The van der Waals surface area contributed by atoms with Gasteiger partial charge in [-0.3, -0.25) is 9.59 Å². The van der Waals surface area contributed by atoms with Crippen molar-refractivity contribution in [2.45, 2.75) is 20.4 Å². The predicted octanol–water partition coefficient (Wildman–Crippen LogP) is 3.59. The zero-order chi connectivity index (χ0) is 25.8. The van der Waals surface area contributed by atoms with Gasteiger partial charge in [-0.2, -0.15) is 0 Å². The fraction of sp³-hybridized carbons (Fsp3) is 0.192. The smallest absolute Gasteiger partial charge is 0.332 e. The van der Waals surface area contributed by atoms with Crippen molar-refractivity contribution in [3.05, 3.63) is 96.4 Å². The number of benzene rings is 2. The summed E-state index contributed by atoms with van der Waals surface area (Å²) in [5, 5.41) is 4.14. The summed E-state index contributed by atoms with van der Waals surface area (Å²) in [4.78, 5) is 43.1. The molecule has 0 atom stereocenters. The number of aryl methyl sites for hydroxylation is 2. The van der Waals surface area contributed by atoms with Crippen molar-refractivity contribution >= 4 is 48.8 Å². The van der Waals surface area contributed by atoms with E-state index in [9.17, 15) is 22.8 Å². The van der Waals surface area contributed by atoms with Gasteiger partial charge >= 0.3 is 5.69 Å². The van der Waals surface area contributed by atoms with Gasteiger partial charge < -0.3 is 9.55 Å². The fourth-order valence-corrected chi connectivity index (χ4v) is 5.90. The molecule has 5 rings (SSSR count). The van der Waals surface area contributed by atoms with E-state index in [1.807, 2.05) is 50.2 Å². The summed E-state index contributed by atoms with van der Waals surface area (Å²) < 4.78 is 27.0. The molecule has 5 aromatic rings. The third-order valence-electron chi connectivity index (χ3n) is 6.20. The minimum Gasteiger partial charge on any atom is -0.332 e. The third-order valence-corrected chi connectivity index (χ3v) is 7.73. The minimum atomic E-state index is -3.69. The van der Waals surface area contributed by atoms with Gasteiger partial charge in [-0.15, -0.1) is 11.3 Å². The van der Waals surface area contributed by atoms with Crippen LogP contribution in [0.1, 0.15) is 27.2 Å². The van der Waals surface area contributed by atoms with Gasteiger partial charge in [-0.25, -0.2) is 17.8 Å². The molecule has 36 heavy (non-hydrogen) atoms. The molecule has 0 saturated heterocycles. The van der Waals surface area contributed by atoms with Crippen LogP contribution in [0, 0.1) is 13.8 Å². The Hall–Kier alpha value is -3.76. The van der Waals surface area contributed by atoms with Crippen LogP contribution in [0.25, 0.3) is 27.5 Å². The highest BCUT2D eigenvalue weighted by Crippen LogP contribution is 2.31. The molecule has 0 saturated carbocycles. The van der Waals surface area contributed by atoms with Crippen molar-refractivity contribution in [2.24, 2.45) is 0 Å². The van der Waals surface area contributed by atoms with Gasteiger partial charge in [-0.1, -0.05) is 35.9 Å². The molecule has 0 unspecified atom stereocenters. The Labute approximate surface area is 210 Å². The molecule has 0 aliphatic rings. The number of ketones is 1. The van der Waals surface area contributed by atoms with Crippen LogP contribution in [0.5, 0.6) is 0 Å². The molecular formula is C26H23N3O5S2. The van der Waals surface area contributed by atoms with E-state index in [0.29, 0.717) is 21.8 Å². The SMILES string of the molecule is Cc1ccc2c(c1)c(-n1c(=O)[nH]c3cscc3c1=O)c(C(=O)CS(C)(=O)=O)n2Cc1ccccc1C. The number of nitrogens with zero attached hydrogens (tertiary/aromatic N) is 2. The zero-order valence-electron chi connectivity index (χ0n) is 19.9. The molecule has 0 aliphatic heterocycles. The Bertz CT molecular complexity index is 1910. The Morgan fingerprint density at radius 2 is 1.78 bits per heavy atom. The molecule has 1 N–H and O–H groups in total. The van der Waals surface area contributed by atoms with Crippen molar-refractivity contribution in [1.29, 1.82) is 0 Å². The number of thiophene rings is 1. The van der Waals surface area contributed by atoms with Crippen molar-refractivity contribution in [1.82, 2.24) is 14.1 Å². The van der Waals surface area contributed by atoms with Gasteiger partial charge in [0.15, 0.2) is 15.6 Å². The van der Waals surface area contributed by atoms with Gasteiger partial charge in [0.05, 0.1) is 22.1 Å². The Morgan fingerprint density at radius 1 is 1.03 bits per heavy atom. The zero-order valence-corrected chi connectivity index (χ0v) is 21.5. The largest absolute Gasteiger partial charge is 0.333 e. The monoisotopic (exact) mass is 521 g/mol. The van der Waals surface area contributed by atoms with Crippen molar-refractivity contribution in [3.63, 3.8) is 0 Å². The number of H-pyrrole nitrogens is 1. The number of aromatic amines is 1. The quantitative estimate of drug-likeness (QED) is 0.343. The molecule has 0 aliphatic carbocycles. The van der Waals surface area contributed by atoms with Gasteiger partial charge in [0.25, 0.3) is 5.56 Å². The molecule has 8 nitrogen and oxygen atoms in total. The summed E-state index contributed by atoms with van der Waals surface area (Å²) in [6, 6.07) is 13.2. The first-order valence-electron chi connectivity index (χ1n) is 11.1. The maximum absolute atomic E-state index is 13.6. The van der Waals surface area contributed by atoms with Gasteiger partial charge in [-0.05, 0) is 37.1 Å². The number of aromatic nitrogens is 3. The Morgan fingerprint density at radius 3 is 2.50 bits per heavy atom. The first-order valence-corrected chi connectivity index (χ1v) is 14.2. The topological polar surface area (TPSA) is 111 Å². The van der Waals surface area contributed by atoms with Crippen LogP contribution in [-0.2, 0) is 16.4 Å². The summed E-state index contributed by atoms with van der Waals surface area (Å²) in [5.74, 6) is -1.44. The highest BCUT2D eigenvalue weighted by molar-refractivity contribution is 7.91. The second kappa shape index (κ2) is 8.72. The van der Waals surface area contributed by atoms with E-state index in [2.05, 4.69) is 4.98 Å². The first-order chi connectivity index (χ1) is 17.0. The lowest BCUT2D eigenvalue weighted by atomic mass is 10.1. The van der Waals surface area contributed by atoms with Crippen LogP contribution in [0.15, 0.2) is 62.8 Å². The molecule has 0 radical (unpaired) electrons. The summed E-state index contributed by atoms with van der Waals surface area (Å²) in [6.07, 6.45) is 0.986. The van der Waals surface area contributed by atoms with E-state index < -0.39 is 32.6 Å². The molecule has 3 aromatic heterocycles. The number of carbonyl (C=O) groups excluding carboxylic acids is 1. The average Bonchev–Trinajstić information content (AvgIpc) is 3.37. The fourth-order valence-electron chi connectivity index (χ4n) is 4.53. The molecule has 0 amide bonds. The normalized spacial score (nSPS) is 12.0. The Balaban J connectivity index is 1.93. The summed E-state index contributed by atoms with van der Waals surface area (Å²) in [6.45, 7) is 4.07. The molecule has 3 heterocycles. The second-order valence-electron chi connectivity index (χ2n) is 8.99. The van der Waals surface area contributed by atoms with E-state index in [1.165, 1.54) is 11.3 Å². The second-order valence-corrected chi connectivity index (χ2v) is 11.9. The van der Waals surface area contributed by atoms with E-state index in [1.54, 1.807) is 21.4 Å². The van der Waals surface area contributed by atoms with Crippen LogP contribution in [0.3, 0.4) is 0 Å². The predicted molar refractivity (Wildman–Crippen MR) is 143 cm³/mol. The number of hydrogen-bond acceptors (Lipinski definition) is 6. The number of Topliss-reactive ketones (excluding diaryl/α,β-unsaturated/α-hetero) is 1. The molecule has 10 heteroatoms. The number of sulfone groups is 1. The van der Waals surface area contributed by atoms with Gasteiger partial charge in [0.2, 0.25) is 0 Å². The standard InChI is InChI=1S/C26H23N3O5S2/c1-15-8-9-21-18(10-15)23(29-25(31)19-12-35-13-20(19)27-26(29)32)24(22(30)14-36(3,33)34)28(21)11-17-7-5-4-6-16(17)2/h4-10,12-13H,11,14H2,1-3H3,(H,27,32). The van der Waals surface area contributed by atoms with Crippen LogP contribution in [-0.4, -0.2) is 40.3 Å². The lowest BCUT2D eigenvalue weighted by molar-refractivity contribution is 0.101. The Kier molecular flexibility index (Phi) is 5.80. The van der Waals surface area contributed by atoms with Gasteiger partial charge in [0.1, 0.15) is 11.4 Å². The molecule has 0 fully saturated rings. The van der Waals surface area contributed by atoms with Crippen LogP contribution in [0.4, 0.5) is 0 Å². The van der Waals surface area contributed by atoms with Crippen molar-refractivity contribution < 1.29 is 13.2 Å². The van der Waals surface area contributed by atoms with Crippen LogP contribution < -0.4 is 11.2 Å². The van der Waals surface area contributed by atoms with E-state index in [4.69, 9.17) is 0 Å². The number of carbonyl (C=O) groups is 1. The lowest BCUT2D eigenvalue weighted by Gasteiger charge is -2.13. The highest BCUT2D eigenvalue weighted by atomic mass is 32.2. The number of rotatable bonds is 6. The summed E-state index contributed by atoms with van der Waals surface area (Å²) in [7, 11) is -3.69. The molecule has 184 valence electrons. The van der Waals surface area contributed by atoms with Gasteiger partial charge in [0, 0.05) is 28.9 Å². The van der Waals surface area contributed by atoms with E-state index >= 15 is 0 Å². The molecule has 0 spiro atoms. The summed E-state index contributed by atoms with van der Waals surface area (Å²) in [5.41, 5.74) is 2.63. The van der Waals surface area contributed by atoms with E-state index in [0.717, 1.165) is 27.5 Å². The molecule has 2 aromatic carbocycles. The van der Waals surface area contributed by atoms with E-state index in [-0.39, 0.29) is 17.9 Å². The maximum Gasteiger partial charge on any atom is 0.333 e. The van der Waals surface area contributed by atoms with Crippen LogP contribution >= 0.6 is 11.3 Å². The highest BCUT2D eigenvalue weighted by Gasteiger charge is 2.29. The average molecular weight is 522 g/mol. The lowest BCUT2D eigenvalue weighted by Crippen LogP contribution is -2.34. The molecular weight excluding hydrogens is 498 g/mol. The van der Waals surface area contributed by atoms with Crippen molar-refractivity contribution in [2.75, 3.05) is 12.0 Å². The molecule has 0 bridgehead atoms.